The molecule has 8 heteroatoms. The number of benzene rings is 2. The molecule has 1 heterocycles. The Labute approximate surface area is 178 Å². The minimum Gasteiger partial charge on any atom is -0.497 e. The standard InChI is InChI=1S/C22H28N2O5S/c1-15(2)13-18(16-9-11-17(28-3)12-10-16)23-22(25)21-14-24(30(4,26)27)19-7-5-6-8-20(19)29-21/h5-12,15,18,21H,13-14H2,1-4H3,(H,23,25)/t18-,21+/m1/s1. The molecular formula is C22H28N2O5S. The fourth-order valence-corrected chi connectivity index (χ4v) is 4.42. The van der Waals surface area contributed by atoms with Gasteiger partial charge < -0.3 is 14.8 Å². The highest BCUT2D eigenvalue weighted by atomic mass is 32.2. The van der Waals surface area contributed by atoms with Crippen molar-refractivity contribution in [2.75, 3.05) is 24.2 Å². The Morgan fingerprint density at radius 2 is 1.87 bits per heavy atom. The highest BCUT2D eigenvalue weighted by Gasteiger charge is 2.35. The van der Waals surface area contributed by atoms with Gasteiger partial charge in [0.25, 0.3) is 5.91 Å². The molecule has 2 atom stereocenters. The number of carbonyl (C=O) groups excluding carboxylic acids is 1. The Morgan fingerprint density at radius 1 is 1.20 bits per heavy atom. The van der Waals surface area contributed by atoms with Crippen LogP contribution in [0.3, 0.4) is 0 Å². The lowest BCUT2D eigenvalue weighted by Gasteiger charge is -2.34. The van der Waals surface area contributed by atoms with E-state index in [1.165, 1.54) is 4.31 Å². The van der Waals surface area contributed by atoms with Crippen molar-refractivity contribution in [2.45, 2.75) is 32.4 Å². The van der Waals surface area contributed by atoms with Gasteiger partial charge in [0, 0.05) is 0 Å². The van der Waals surface area contributed by atoms with Gasteiger partial charge in [0.2, 0.25) is 10.0 Å². The average Bonchev–Trinajstić information content (AvgIpc) is 2.71. The molecule has 2 aromatic carbocycles. The van der Waals surface area contributed by atoms with Crippen LogP contribution >= 0.6 is 0 Å². The first-order chi connectivity index (χ1) is 14.2. The van der Waals surface area contributed by atoms with Crippen LogP contribution < -0.4 is 19.1 Å². The van der Waals surface area contributed by atoms with E-state index in [0.29, 0.717) is 17.4 Å². The van der Waals surface area contributed by atoms with Crippen LogP contribution in [-0.2, 0) is 14.8 Å². The van der Waals surface area contributed by atoms with Gasteiger partial charge in [0.15, 0.2) is 6.10 Å². The summed E-state index contributed by atoms with van der Waals surface area (Å²) < 4.78 is 36.9. The molecule has 0 saturated heterocycles. The third-order valence-corrected chi connectivity index (χ3v) is 6.12. The zero-order valence-corrected chi connectivity index (χ0v) is 18.5. The van der Waals surface area contributed by atoms with Crippen molar-refractivity contribution in [2.24, 2.45) is 5.92 Å². The van der Waals surface area contributed by atoms with Gasteiger partial charge >= 0.3 is 0 Å². The average molecular weight is 433 g/mol. The molecule has 0 fully saturated rings. The second-order valence-corrected chi connectivity index (χ2v) is 9.74. The Hall–Kier alpha value is -2.74. The summed E-state index contributed by atoms with van der Waals surface area (Å²) in [6.07, 6.45) is 0.919. The van der Waals surface area contributed by atoms with Gasteiger partial charge in [-0.1, -0.05) is 38.1 Å². The molecule has 1 amide bonds. The maximum absolute atomic E-state index is 13.1. The number of amides is 1. The van der Waals surface area contributed by atoms with E-state index in [9.17, 15) is 13.2 Å². The molecule has 7 nitrogen and oxygen atoms in total. The fourth-order valence-electron chi connectivity index (χ4n) is 3.50. The van der Waals surface area contributed by atoms with Crippen LogP contribution in [0.5, 0.6) is 11.5 Å². The van der Waals surface area contributed by atoms with Crippen LogP contribution in [0.1, 0.15) is 31.9 Å². The number of anilines is 1. The maximum Gasteiger partial charge on any atom is 0.263 e. The van der Waals surface area contributed by atoms with E-state index in [4.69, 9.17) is 9.47 Å². The first-order valence-corrected chi connectivity index (χ1v) is 11.7. The second-order valence-electron chi connectivity index (χ2n) is 7.83. The lowest BCUT2D eigenvalue weighted by molar-refractivity contribution is -0.128. The van der Waals surface area contributed by atoms with Crippen LogP contribution in [0.4, 0.5) is 5.69 Å². The summed E-state index contributed by atoms with van der Waals surface area (Å²) in [4.78, 5) is 13.1. The molecule has 0 aliphatic carbocycles. The topological polar surface area (TPSA) is 84.9 Å². The summed E-state index contributed by atoms with van der Waals surface area (Å²) in [7, 11) is -1.95. The Morgan fingerprint density at radius 3 is 2.47 bits per heavy atom. The number of ether oxygens (including phenoxy) is 2. The van der Waals surface area contributed by atoms with Crippen molar-refractivity contribution in [1.82, 2.24) is 5.32 Å². The SMILES string of the molecule is COc1ccc([C@@H](CC(C)C)NC(=O)[C@@H]2CN(S(C)(=O)=O)c3ccccc3O2)cc1. The number of sulfonamides is 1. The van der Waals surface area contributed by atoms with Crippen LogP contribution in [0, 0.1) is 5.92 Å². The molecule has 1 aliphatic rings. The molecule has 0 aromatic heterocycles. The van der Waals surface area contributed by atoms with Crippen molar-refractivity contribution >= 4 is 21.6 Å². The lowest BCUT2D eigenvalue weighted by atomic mass is 9.96. The van der Waals surface area contributed by atoms with Gasteiger partial charge in [-0.25, -0.2) is 8.42 Å². The van der Waals surface area contributed by atoms with E-state index in [2.05, 4.69) is 19.2 Å². The Balaban J connectivity index is 1.83. The van der Waals surface area contributed by atoms with E-state index in [1.54, 1.807) is 31.4 Å². The minimum atomic E-state index is -3.55. The molecule has 162 valence electrons. The molecular weight excluding hydrogens is 404 g/mol. The van der Waals surface area contributed by atoms with Crippen LogP contribution in [0.15, 0.2) is 48.5 Å². The zero-order valence-electron chi connectivity index (χ0n) is 17.7. The summed E-state index contributed by atoms with van der Waals surface area (Å²) in [5, 5.41) is 3.05. The third kappa shape index (κ3) is 5.05. The minimum absolute atomic E-state index is 0.0707. The third-order valence-electron chi connectivity index (χ3n) is 4.97. The van der Waals surface area contributed by atoms with Gasteiger partial charge in [0.05, 0.1) is 31.6 Å². The molecule has 0 radical (unpaired) electrons. The van der Waals surface area contributed by atoms with Crippen molar-refractivity contribution in [1.29, 1.82) is 0 Å². The Kier molecular flexibility index (Phi) is 6.55. The summed E-state index contributed by atoms with van der Waals surface area (Å²) in [6, 6.07) is 14.2. The van der Waals surface area contributed by atoms with Gasteiger partial charge in [0.1, 0.15) is 11.5 Å². The summed E-state index contributed by atoms with van der Waals surface area (Å²) >= 11 is 0. The van der Waals surface area contributed by atoms with Crippen LogP contribution in [0.2, 0.25) is 0 Å². The smallest absolute Gasteiger partial charge is 0.263 e. The molecule has 2 aromatic rings. The molecule has 1 N–H and O–H groups in total. The van der Waals surface area contributed by atoms with Crippen molar-refractivity contribution in [3.8, 4) is 11.5 Å². The highest BCUT2D eigenvalue weighted by molar-refractivity contribution is 7.92. The van der Waals surface area contributed by atoms with Gasteiger partial charge in [-0.3, -0.25) is 9.10 Å². The summed E-state index contributed by atoms with van der Waals surface area (Å²) in [5.74, 6) is 1.11. The molecule has 1 aliphatic heterocycles. The monoisotopic (exact) mass is 432 g/mol. The second kappa shape index (κ2) is 8.95. The molecule has 0 bridgehead atoms. The van der Waals surface area contributed by atoms with E-state index in [-0.39, 0.29) is 18.5 Å². The molecule has 0 spiro atoms. The Bertz CT molecular complexity index is 989. The van der Waals surface area contributed by atoms with Crippen molar-refractivity contribution in [3.05, 3.63) is 54.1 Å². The molecule has 3 rings (SSSR count). The number of methoxy groups -OCH3 is 1. The predicted molar refractivity (Wildman–Crippen MR) is 116 cm³/mol. The molecule has 0 unspecified atom stereocenters. The van der Waals surface area contributed by atoms with E-state index >= 15 is 0 Å². The van der Waals surface area contributed by atoms with Crippen molar-refractivity contribution < 1.29 is 22.7 Å². The van der Waals surface area contributed by atoms with E-state index in [0.717, 1.165) is 24.0 Å². The van der Waals surface area contributed by atoms with Gasteiger partial charge in [-0.05, 0) is 42.2 Å². The number of carbonyl (C=O) groups is 1. The van der Waals surface area contributed by atoms with Crippen LogP contribution in [-0.4, -0.2) is 40.3 Å². The number of hydrogen-bond acceptors (Lipinski definition) is 5. The largest absolute Gasteiger partial charge is 0.497 e. The normalized spacial score (nSPS) is 17.1. The summed E-state index contributed by atoms with van der Waals surface area (Å²) in [6.45, 7) is 4.10. The fraction of sp³-hybridized carbons (Fsp3) is 0.409. The van der Waals surface area contributed by atoms with Crippen LogP contribution in [0.25, 0.3) is 0 Å². The summed E-state index contributed by atoms with van der Waals surface area (Å²) in [5.41, 5.74) is 1.40. The van der Waals surface area contributed by atoms with E-state index < -0.39 is 16.1 Å². The number of fused-ring (bicyclic) bond motifs is 1. The predicted octanol–water partition coefficient (Wildman–Crippen LogP) is 3.13. The lowest BCUT2D eigenvalue weighted by Crippen LogP contribution is -2.51. The first kappa shape index (κ1) is 22.0. The number of rotatable bonds is 7. The van der Waals surface area contributed by atoms with E-state index in [1.807, 2.05) is 24.3 Å². The quantitative estimate of drug-likeness (QED) is 0.727. The first-order valence-electron chi connectivity index (χ1n) is 9.86. The number of nitrogens with zero attached hydrogens (tertiary/aromatic N) is 1. The number of hydrogen-bond donors (Lipinski definition) is 1. The maximum atomic E-state index is 13.1. The van der Waals surface area contributed by atoms with Gasteiger partial charge in [-0.15, -0.1) is 0 Å². The number of nitrogens with one attached hydrogen (secondary N) is 1. The zero-order chi connectivity index (χ0) is 21.9. The van der Waals surface area contributed by atoms with Crippen molar-refractivity contribution in [3.63, 3.8) is 0 Å². The van der Waals surface area contributed by atoms with Gasteiger partial charge in [-0.2, -0.15) is 0 Å². The highest BCUT2D eigenvalue weighted by Crippen LogP contribution is 2.35. The molecule has 0 saturated carbocycles. The molecule has 30 heavy (non-hydrogen) atoms. The number of para-hydroxylation sites is 2.